The van der Waals surface area contributed by atoms with Crippen molar-refractivity contribution in [3.63, 3.8) is 0 Å². The monoisotopic (exact) mass is 389 g/mol. The van der Waals surface area contributed by atoms with E-state index in [4.69, 9.17) is 9.47 Å². The molecule has 0 saturated heterocycles. The van der Waals surface area contributed by atoms with Gasteiger partial charge in [-0.2, -0.15) is 0 Å². The van der Waals surface area contributed by atoms with Crippen molar-refractivity contribution in [2.75, 3.05) is 13.2 Å². The molecule has 1 aromatic heterocycles. The second kappa shape index (κ2) is 7.87. The molecule has 4 heteroatoms. The highest BCUT2D eigenvalue weighted by Gasteiger charge is 2.22. The topological polar surface area (TPSA) is 35.5 Å². The maximum atomic E-state index is 11.4. The van der Waals surface area contributed by atoms with Crippen LogP contribution in [0, 0.1) is 0 Å². The van der Waals surface area contributed by atoms with Crippen molar-refractivity contribution >= 4 is 36.6 Å². The van der Waals surface area contributed by atoms with Gasteiger partial charge in [-0.3, -0.25) is 0 Å². The van der Waals surface area contributed by atoms with Gasteiger partial charge in [-0.05, 0) is 43.3 Å². The Balaban J connectivity index is 1.56. The van der Waals surface area contributed by atoms with E-state index >= 15 is 0 Å². The molecule has 0 saturated carbocycles. The number of fused-ring (bicyclic) bond motifs is 3. The van der Waals surface area contributed by atoms with Crippen LogP contribution in [0.4, 0.5) is 0 Å². The fourth-order valence-corrected chi connectivity index (χ4v) is 5.57. The molecule has 0 aliphatic heterocycles. The first kappa shape index (κ1) is 18.3. The van der Waals surface area contributed by atoms with Crippen molar-refractivity contribution in [3.8, 4) is 10.6 Å². The number of hydrogen-bond donors (Lipinski definition) is 0. The van der Waals surface area contributed by atoms with E-state index in [9.17, 15) is 4.79 Å². The van der Waals surface area contributed by atoms with E-state index in [1.807, 2.05) is 12.1 Å². The molecule has 1 heterocycles. The second-order valence-electron chi connectivity index (χ2n) is 6.53. The predicted octanol–water partition coefficient (Wildman–Crippen LogP) is 6.23. The van der Waals surface area contributed by atoms with Gasteiger partial charge in [0.25, 0.3) is 0 Å². The van der Waals surface area contributed by atoms with Crippen LogP contribution in [0.1, 0.15) is 6.92 Å². The van der Waals surface area contributed by atoms with Crippen molar-refractivity contribution in [2.45, 2.75) is 6.92 Å². The second-order valence-corrected chi connectivity index (χ2v) is 8.50. The van der Waals surface area contributed by atoms with Gasteiger partial charge in [0.05, 0.1) is 0 Å². The molecular weight excluding hydrogens is 368 g/mol. The molecule has 0 fully saturated rings. The maximum Gasteiger partial charge on any atom is 0.333 e. The highest BCUT2D eigenvalue weighted by Crippen LogP contribution is 2.48. The number of rotatable bonds is 6. The molecule has 0 atom stereocenters. The summed E-state index contributed by atoms with van der Waals surface area (Å²) in [6.07, 6.45) is 0. The molecule has 0 unspecified atom stereocenters. The number of thiophene rings is 1. The van der Waals surface area contributed by atoms with Crippen LogP contribution in [-0.4, -0.2) is 19.2 Å². The van der Waals surface area contributed by atoms with E-state index in [1.54, 1.807) is 6.92 Å². The van der Waals surface area contributed by atoms with E-state index in [0.717, 1.165) is 5.75 Å². The van der Waals surface area contributed by atoms with E-state index < -0.39 is 5.97 Å². The number of hydrogen-bond acceptors (Lipinski definition) is 3. The first-order valence-electron chi connectivity index (χ1n) is 9.13. The maximum absolute atomic E-state index is 11.4. The Labute approximate surface area is 166 Å². The first-order valence-corrected chi connectivity index (χ1v) is 10.4. The lowest BCUT2D eigenvalue weighted by Gasteiger charge is -2.07. The molecule has 0 aliphatic rings. The van der Waals surface area contributed by atoms with Gasteiger partial charge in [-0.1, -0.05) is 30.8 Å². The van der Waals surface area contributed by atoms with Gasteiger partial charge in [-0.25, -0.2) is 4.79 Å². The summed E-state index contributed by atoms with van der Waals surface area (Å²) in [5.74, 6) is 0.373. The van der Waals surface area contributed by atoms with Crippen LogP contribution in [0.2, 0.25) is 0 Å². The van der Waals surface area contributed by atoms with E-state index in [-0.39, 0.29) is 17.1 Å². The third-order valence-electron chi connectivity index (χ3n) is 4.50. The van der Waals surface area contributed by atoms with Crippen LogP contribution in [0.25, 0.3) is 25.1 Å². The Morgan fingerprint density at radius 3 is 2.00 bits per heavy atom. The largest absolute Gasteiger partial charge is 0.490 e. The number of carbonyl (C=O) groups excluding carboxylic acids is 1. The van der Waals surface area contributed by atoms with Gasteiger partial charge in [0.15, 0.2) is 14.3 Å². The normalized spacial score (nSPS) is 10.9. The molecule has 0 N–H and O–H groups in total. The van der Waals surface area contributed by atoms with Crippen molar-refractivity contribution < 1.29 is 14.3 Å². The number of benzene rings is 3. The fourth-order valence-electron chi connectivity index (χ4n) is 3.20. The third-order valence-corrected chi connectivity index (χ3v) is 6.83. The van der Waals surface area contributed by atoms with Gasteiger partial charge in [0.1, 0.15) is 19.0 Å². The minimum atomic E-state index is -0.390. The number of ether oxygens (including phenoxy) is 2. The molecule has 0 spiro atoms. The Morgan fingerprint density at radius 1 is 0.857 bits per heavy atom. The van der Waals surface area contributed by atoms with E-state index in [2.05, 4.69) is 67.2 Å². The lowest BCUT2D eigenvalue weighted by atomic mass is 10.2. The van der Waals surface area contributed by atoms with Gasteiger partial charge < -0.3 is 9.47 Å². The van der Waals surface area contributed by atoms with Crippen molar-refractivity contribution in [1.82, 2.24) is 0 Å². The minimum Gasteiger partial charge on any atom is -0.490 e. The Morgan fingerprint density at radius 2 is 1.43 bits per heavy atom. The molecule has 140 valence electrons. The predicted molar refractivity (Wildman–Crippen MR) is 117 cm³/mol. The summed E-state index contributed by atoms with van der Waals surface area (Å²) in [7, 11) is -0.102. The molecule has 0 amide bonds. The molecule has 3 nitrogen and oxygen atoms in total. The molecule has 3 aromatic carbocycles. The molecule has 0 bridgehead atoms. The van der Waals surface area contributed by atoms with Crippen LogP contribution in [0.15, 0.2) is 84.9 Å². The summed E-state index contributed by atoms with van der Waals surface area (Å²) in [4.78, 5) is 12.6. The van der Waals surface area contributed by atoms with Crippen LogP contribution >= 0.6 is 10.5 Å². The fraction of sp³-hybridized carbons (Fsp3) is 0.125. The summed E-state index contributed by atoms with van der Waals surface area (Å²) < 4.78 is 13.5. The average molecular weight is 389 g/mol. The van der Waals surface area contributed by atoms with E-state index in [1.165, 1.54) is 25.1 Å². The first-order chi connectivity index (χ1) is 13.6. The summed E-state index contributed by atoms with van der Waals surface area (Å²) in [5.41, 5.74) is 0.391. The number of esters is 1. The third kappa shape index (κ3) is 3.51. The van der Waals surface area contributed by atoms with Gasteiger partial charge in [-0.15, -0.1) is 0 Å². The molecule has 0 radical (unpaired) electrons. The van der Waals surface area contributed by atoms with E-state index in [0.29, 0.717) is 12.2 Å². The molecule has 28 heavy (non-hydrogen) atoms. The molecule has 4 rings (SSSR count). The highest BCUT2D eigenvalue weighted by molar-refractivity contribution is 7.50. The van der Waals surface area contributed by atoms with Gasteiger partial charge in [0, 0.05) is 38.9 Å². The van der Waals surface area contributed by atoms with Gasteiger partial charge in [0.2, 0.25) is 0 Å². The highest BCUT2D eigenvalue weighted by atomic mass is 32.2. The summed E-state index contributed by atoms with van der Waals surface area (Å²) >= 11 is 0. The quantitative estimate of drug-likeness (QED) is 0.170. The molecule has 4 aromatic rings. The molecular formula is C24H21O3S+. The Hall–Kier alpha value is -3.11. The molecule has 0 aliphatic carbocycles. The van der Waals surface area contributed by atoms with Gasteiger partial charge >= 0.3 is 5.97 Å². The van der Waals surface area contributed by atoms with Crippen LogP contribution in [0.3, 0.4) is 0 Å². The summed E-state index contributed by atoms with van der Waals surface area (Å²) in [6.45, 7) is 5.71. The summed E-state index contributed by atoms with van der Waals surface area (Å²) in [6, 6.07) is 25.4. The lowest BCUT2D eigenvalue weighted by Crippen LogP contribution is -2.12. The smallest absolute Gasteiger partial charge is 0.333 e. The van der Waals surface area contributed by atoms with Crippen LogP contribution in [0.5, 0.6) is 5.75 Å². The summed E-state index contributed by atoms with van der Waals surface area (Å²) in [5, 5.41) is 2.64. The SMILES string of the molecule is C=C(C)C(=O)OCCOc1ccc(-[s+]2c3ccccc3c3ccccc32)cc1. The van der Waals surface area contributed by atoms with Crippen molar-refractivity contribution in [3.05, 3.63) is 84.9 Å². The standard InChI is InChI=1S/C24H21O3S/c1-17(2)24(25)27-16-15-26-18-11-13-19(14-12-18)28-22-9-5-3-7-20(22)21-8-4-6-10-23(21)28/h3-14H,1,15-16H2,2H3/q+1. The zero-order chi connectivity index (χ0) is 19.5. The van der Waals surface area contributed by atoms with Crippen molar-refractivity contribution in [1.29, 1.82) is 0 Å². The average Bonchev–Trinajstić information content (AvgIpc) is 3.06. The zero-order valence-corrected chi connectivity index (χ0v) is 16.5. The zero-order valence-electron chi connectivity index (χ0n) is 15.7. The Bertz CT molecular complexity index is 1100. The Kier molecular flexibility index (Phi) is 5.13. The lowest BCUT2D eigenvalue weighted by molar-refractivity contribution is -0.139. The van der Waals surface area contributed by atoms with Crippen LogP contribution < -0.4 is 4.74 Å². The van der Waals surface area contributed by atoms with Crippen LogP contribution in [-0.2, 0) is 9.53 Å². The minimum absolute atomic E-state index is 0.102. The van der Waals surface area contributed by atoms with Crippen molar-refractivity contribution in [2.24, 2.45) is 0 Å². The number of carbonyl (C=O) groups is 1.